The monoisotopic (exact) mass is 312 g/mol. The fraction of sp³-hybridized carbons (Fsp3) is 0.474. The Bertz CT molecular complexity index is 690. The van der Waals surface area contributed by atoms with Gasteiger partial charge >= 0.3 is 0 Å². The van der Waals surface area contributed by atoms with Crippen LogP contribution in [0.15, 0.2) is 28.8 Å². The molecule has 4 heteroatoms. The molecule has 0 saturated heterocycles. The third kappa shape index (κ3) is 3.03. The minimum Gasteiger partial charge on any atom is -0.360 e. The summed E-state index contributed by atoms with van der Waals surface area (Å²) in [7, 11) is 0. The van der Waals surface area contributed by atoms with Gasteiger partial charge in [0.15, 0.2) is 5.69 Å². The zero-order chi connectivity index (χ0) is 16.2. The van der Waals surface area contributed by atoms with Crippen LogP contribution in [0.2, 0.25) is 0 Å². The van der Waals surface area contributed by atoms with E-state index in [1.807, 2.05) is 30.0 Å². The van der Waals surface area contributed by atoms with Crippen LogP contribution < -0.4 is 4.90 Å². The van der Waals surface area contributed by atoms with Crippen molar-refractivity contribution < 1.29 is 9.32 Å². The Morgan fingerprint density at radius 2 is 1.96 bits per heavy atom. The van der Waals surface area contributed by atoms with Gasteiger partial charge in [0.2, 0.25) is 0 Å². The number of fused-ring (bicyclic) bond motifs is 1. The third-order valence-electron chi connectivity index (χ3n) is 4.63. The standard InChI is InChI=1S/C19H24N2O2/c1-3-14-10-8-9-12-16(14)21(4-2)19(22)18-15-11-6-5-7-13-17(15)23-20-18/h8-10,12H,3-7,11,13H2,1-2H3. The molecule has 1 amide bonds. The summed E-state index contributed by atoms with van der Waals surface area (Å²) < 4.78 is 5.48. The Morgan fingerprint density at radius 1 is 1.17 bits per heavy atom. The van der Waals surface area contributed by atoms with Crippen molar-refractivity contribution in [1.82, 2.24) is 5.16 Å². The Balaban J connectivity index is 1.96. The molecule has 0 radical (unpaired) electrons. The first kappa shape index (κ1) is 15.8. The number of para-hydroxylation sites is 1. The van der Waals surface area contributed by atoms with Gasteiger partial charge in [-0.15, -0.1) is 0 Å². The van der Waals surface area contributed by atoms with Crippen LogP contribution >= 0.6 is 0 Å². The highest BCUT2D eigenvalue weighted by molar-refractivity contribution is 6.06. The van der Waals surface area contributed by atoms with E-state index in [2.05, 4.69) is 18.1 Å². The molecule has 1 aliphatic rings. The Hall–Kier alpha value is -2.10. The molecule has 0 fully saturated rings. The van der Waals surface area contributed by atoms with E-state index < -0.39 is 0 Å². The predicted octanol–water partition coefficient (Wildman–Crippen LogP) is 4.17. The van der Waals surface area contributed by atoms with Gasteiger partial charge < -0.3 is 9.42 Å². The number of amides is 1. The topological polar surface area (TPSA) is 46.3 Å². The molecule has 23 heavy (non-hydrogen) atoms. The summed E-state index contributed by atoms with van der Waals surface area (Å²) in [5.74, 6) is 0.867. The van der Waals surface area contributed by atoms with Crippen molar-refractivity contribution in [2.75, 3.05) is 11.4 Å². The fourth-order valence-corrected chi connectivity index (χ4v) is 3.35. The highest BCUT2D eigenvalue weighted by Gasteiger charge is 2.27. The van der Waals surface area contributed by atoms with Crippen LogP contribution in [-0.4, -0.2) is 17.6 Å². The number of hydrogen-bond acceptors (Lipinski definition) is 3. The summed E-state index contributed by atoms with van der Waals surface area (Å²) in [5.41, 5.74) is 3.69. The molecule has 1 aromatic carbocycles. The number of anilines is 1. The Morgan fingerprint density at radius 3 is 2.74 bits per heavy atom. The molecule has 1 heterocycles. The molecule has 0 N–H and O–H groups in total. The molecule has 0 bridgehead atoms. The second-order valence-corrected chi connectivity index (χ2v) is 6.03. The highest BCUT2D eigenvalue weighted by atomic mass is 16.5. The first-order chi connectivity index (χ1) is 11.3. The van der Waals surface area contributed by atoms with Crippen LogP contribution in [0.5, 0.6) is 0 Å². The smallest absolute Gasteiger partial charge is 0.280 e. The lowest BCUT2D eigenvalue weighted by molar-refractivity contribution is 0.0978. The number of nitrogens with zero attached hydrogens (tertiary/aromatic N) is 2. The minimum atomic E-state index is -0.0414. The Labute approximate surface area is 137 Å². The molecule has 0 saturated carbocycles. The summed E-state index contributed by atoms with van der Waals surface area (Å²) in [6.45, 7) is 4.74. The average molecular weight is 312 g/mol. The summed E-state index contributed by atoms with van der Waals surface area (Å²) in [4.78, 5) is 14.9. The van der Waals surface area contributed by atoms with Crippen molar-refractivity contribution in [3.63, 3.8) is 0 Å². The molecule has 0 aliphatic heterocycles. The number of carbonyl (C=O) groups is 1. The lowest BCUT2D eigenvalue weighted by Crippen LogP contribution is -2.32. The number of carbonyl (C=O) groups excluding carboxylic acids is 1. The zero-order valence-corrected chi connectivity index (χ0v) is 14.0. The maximum absolute atomic E-state index is 13.1. The molecule has 0 atom stereocenters. The van der Waals surface area contributed by atoms with Gasteiger partial charge in [0.05, 0.1) is 0 Å². The summed E-state index contributed by atoms with van der Waals surface area (Å²) in [6, 6.07) is 8.09. The zero-order valence-electron chi connectivity index (χ0n) is 14.0. The summed E-state index contributed by atoms with van der Waals surface area (Å²) in [5, 5.41) is 4.12. The maximum Gasteiger partial charge on any atom is 0.280 e. The Kier molecular flexibility index (Phi) is 4.79. The third-order valence-corrected chi connectivity index (χ3v) is 4.63. The van der Waals surface area contributed by atoms with Gasteiger partial charge in [0.25, 0.3) is 5.91 Å². The van der Waals surface area contributed by atoms with Crippen LogP contribution in [0.1, 0.15) is 60.5 Å². The van der Waals surface area contributed by atoms with E-state index >= 15 is 0 Å². The SMILES string of the molecule is CCc1ccccc1N(CC)C(=O)c1noc2c1CCCCC2. The summed E-state index contributed by atoms with van der Waals surface area (Å²) in [6.07, 6.45) is 6.10. The van der Waals surface area contributed by atoms with E-state index in [0.29, 0.717) is 12.2 Å². The van der Waals surface area contributed by atoms with Crippen molar-refractivity contribution in [1.29, 1.82) is 0 Å². The lowest BCUT2D eigenvalue weighted by Gasteiger charge is -2.23. The first-order valence-electron chi connectivity index (χ1n) is 8.63. The van der Waals surface area contributed by atoms with E-state index in [9.17, 15) is 4.79 Å². The van der Waals surface area contributed by atoms with E-state index in [1.54, 1.807) is 0 Å². The maximum atomic E-state index is 13.1. The molecule has 1 aliphatic carbocycles. The second kappa shape index (κ2) is 6.99. The van der Waals surface area contributed by atoms with Gasteiger partial charge in [-0.2, -0.15) is 0 Å². The van der Waals surface area contributed by atoms with Crippen LogP contribution in [0.25, 0.3) is 0 Å². The van der Waals surface area contributed by atoms with Gasteiger partial charge in [0.1, 0.15) is 5.76 Å². The van der Waals surface area contributed by atoms with Crippen LogP contribution in [0.4, 0.5) is 5.69 Å². The van der Waals surface area contributed by atoms with Gasteiger partial charge in [-0.25, -0.2) is 0 Å². The highest BCUT2D eigenvalue weighted by Crippen LogP contribution is 2.27. The van der Waals surface area contributed by atoms with Crippen molar-refractivity contribution in [3.8, 4) is 0 Å². The van der Waals surface area contributed by atoms with Crippen LogP contribution in [0.3, 0.4) is 0 Å². The predicted molar refractivity (Wildman–Crippen MR) is 90.9 cm³/mol. The van der Waals surface area contributed by atoms with Crippen molar-refractivity contribution >= 4 is 11.6 Å². The van der Waals surface area contributed by atoms with Crippen LogP contribution in [0, 0.1) is 0 Å². The average Bonchev–Trinajstić information content (AvgIpc) is 2.84. The van der Waals surface area contributed by atoms with Crippen molar-refractivity contribution in [3.05, 3.63) is 46.8 Å². The molecular weight excluding hydrogens is 288 g/mol. The van der Waals surface area contributed by atoms with E-state index in [1.165, 1.54) is 12.0 Å². The molecule has 3 rings (SSSR count). The second-order valence-electron chi connectivity index (χ2n) is 6.03. The molecular formula is C19H24N2O2. The van der Waals surface area contributed by atoms with Gasteiger partial charge in [0, 0.05) is 24.2 Å². The largest absolute Gasteiger partial charge is 0.360 e. The van der Waals surface area contributed by atoms with Crippen LogP contribution in [-0.2, 0) is 19.3 Å². The fourth-order valence-electron chi connectivity index (χ4n) is 3.35. The number of benzene rings is 1. The number of aryl methyl sites for hydroxylation is 2. The quantitative estimate of drug-likeness (QED) is 0.796. The van der Waals surface area contributed by atoms with Gasteiger partial charge in [-0.3, -0.25) is 4.79 Å². The van der Waals surface area contributed by atoms with Gasteiger partial charge in [-0.05, 0) is 44.2 Å². The molecule has 2 aromatic rings. The van der Waals surface area contributed by atoms with Crippen molar-refractivity contribution in [2.45, 2.75) is 52.4 Å². The summed E-state index contributed by atoms with van der Waals surface area (Å²) >= 11 is 0. The molecule has 0 spiro atoms. The van der Waals surface area contributed by atoms with Gasteiger partial charge in [-0.1, -0.05) is 36.7 Å². The number of hydrogen-bond donors (Lipinski definition) is 0. The molecule has 4 nitrogen and oxygen atoms in total. The van der Waals surface area contributed by atoms with E-state index in [4.69, 9.17) is 4.52 Å². The number of rotatable bonds is 4. The number of aromatic nitrogens is 1. The molecule has 1 aromatic heterocycles. The van der Waals surface area contributed by atoms with Crippen molar-refractivity contribution in [2.24, 2.45) is 0 Å². The lowest BCUT2D eigenvalue weighted by atomic mass is 10.1. The molecule has 0 unspecified atom stereocenters. The molecule has 122 valence electrons. The minimum absolute atomic E-state index is 0.0414. The first-order valence-corrected chi connectivity index (χ1v) is 8.63. The van der Waals surface area contributed by atoms with E-state index in [-0.39, 0.29) is 5.91 Å². The van der Waals surface area contributed by atoms with E-state index in [0.717, 1.165) is 49.1 Å². The normalized spacial score (nSPS) is 14.2.